The molecule has 100 valence electrons. The summed E-state index contributed by atoms with van der Waals surface area (Å²) in [5.74, 6) is 0. The van der Waals surface area contributed by atoms with E-state index >= 15 is 0 Å². The Morgan fingerprint density at radius 2 is 1.94 bits per heavy atom. The van der Waals surface area contributed by atoms with Crippen LogP contribution in [0.25, 0.3) is 0 Å². The lowest BCUT2D eigenvalue weighted by atomic mass is 10.0. The zero-order valence-electron chi connectivity index (χ0n) is 9.98. The first-order valence-electron chi connectivity index (χ1n) is 6.30. The second-order valence-corrected chi connectivity index (χ2v) is 7.61. The molecule has 1 unspecified atom stereocenters. The molecule has 0 aromatic carbocycles. The third-order valence-electron chi connectivity index (χ3n) is 3.65. The van der Waals surface area contributed by atoms with Crippen LogP contribution >= 0.6 is 15.9 Å². The Hall–Kier alpha value is 0.350. The Balaban J connectivity index is 2.11. The number of halogens is 1. The fourth-order valence-corrected chi connectivity index (χ4v) is 5.57. The maximum Gasteiger partial charge on any atom is 0.217 e. The highest BCUT2D eigenvalue weighted by atomic mass is 79.9. The van der Waals surface area contributed by atoms with E-state index in [-0.39, 0.29) is 11.3 Å². The number of nitrogens with zero attached hydrogens (tertiary/aromatic N) is 1. The summed E-state index contributed by atoms with van der Waals surface area (Å²) < 4.78 is 32.1. The van der Waals surface area contributed by atoms with E-state index in [2.05, 4.69) is 15.9 Å². The molecule has 0 amide bonds. The fraction of sp³-hybridized carbons (Fsp3) is 1.00. The van der Waals surface area contributed by atoms with E-state index in [1.165, 1.54) is 6.42 Å². The number of alkyl halides is 1. The van der Waals surface area contributed by atoms with E-state index in [0.29, 0.717) is 25.1 Å². The van der Waals surface area contributed by atoms with Crippen molar-refractivity contribution in [2.45, 2.75) is 43.4 Å². The third-order valence-corrected chi connectivity index (χ3v) is 6.85. The first-order valence-corrected chi connectivity index (χ1v) is 8.93. The highest BCUT2D eigenvalue weighted by Gasteiger charge is 2.38. The van der Waals surface area contributed by atoms with Gasteiger partial charge in [-0.2, -0.15) is 4.31 Å². The van der Waals surface area contributed by atoms with Gasteiger partial charge in [0.25, 0.3) is 0 Å². The summed E-state index contributed by atoms with van der Waals surface area (Å²) in [6, 6.07) is -0.0318. The van der Waals surface area contributed by atoms with Crippen LogP contribution in [0.2, 0.25) is 0 Å². The van der Waals surface area contributed by atoms with E-state index in [1.54, 1.807) is 4.31 Å². The van der Waals surface area contributed by atoms with Crippen molar-refractivity contribution in [2.24, 2.45) is 0 Å². The molecule has 1 atom stereocenters. The lowest BCUT2D eigenvalue weighted by Gasteiger charge is -2.37. The van der Waals surface area contributed by atoms with Crippen LogP contribution in [0.1, 0.15) is 32.1 Å². The largest absolute Gasteiger partial charge is 0.378 e. The molecule has 0 spiro atoms. The molecule has 17 heavy (non-hydrogen) atoms. The van der Waals surface area contributed by atoms with Gasteiger partial charge in [-0.3, -0.25) is 0 Å². The van der Waals surface area contributed by atoms with Crippen LogP contribution in [0.3, 0.4) is 0 Å². The Labute approximate surface area is 112 Å². The highest BCUT2D eigenvalue weighted by molar-refractivity contribution is 9.09. The monoisotopic (exact) mass is 325 g/mol. The molecule has 4 nitrogen and oxygen atoms in total. The molecule has 2 aliphatic rings. The van der Waals surface area contributed by atoms with Gasteiger partial charge >= 0.3 is 0 Å². The molecular weight excluding hydrogens is 306 g/mol. The minimum atomic E-state index is -3.12. The summed E-state index contributed by atoms with van der Waals surface area (Å²) in [6.07, 6.45) is 4.93. The highest BCUT2D eigenvalue weighted by Crippen LogP contribution is 2.28. The van der Waals surface area contributed by atoms with Gasteiger partial charge in [0, 0.05) is 11.9 Å². The Bertz CT molecular complexity index is 341. The molecule has 0 radical (unpaired) electrons. The van der Waals surface area contributed by atoms with Crippen molar-refractivity contribution in [3.05, 3.63) is 0 Å². The summed E-state index contributed by atoms with van der Waals surface area (Å²) in [4.78, 5) is 0. The van der Waals surface area contributed by atoms with Gasteiger partial charge in [0.2, 0.25) is 10.0 Å². The number of hydrogen-bond donors (Lipinski definition) is 0. The van der Waals surface area contributed by atoms with E-state index in [9.17, 15) is 8.42 Å². The predicted octanol–water partition coefficient (Wildman–Crippen LogP) is 1.74. The van der Waals surface area contributed by atoms with Crippen molar-refractivity contribution in [3.63, 3.8) is 0 Å². The molecule has 2 fully saturated rings. The molecule has 0 bridgehead atoms. The van der Waals surface area contributed by atoms with Crippen LogP contribution in [0.4, 0.5) is 0 Å². The van der Waals surface area contributed by atoms with Crippen molar-refractivity contribution in [1.82, 2.24) is 4.31 Å². The van der Waals surface area contributed by atoms with E-state index in [1.807, 2.05) is 0 Å². The summed E-state index contributed by atoms with van der Waals surface area (Å²) in [6.45, 7) is 1.54. The normalized spacial score (nSPS) is 29.4. The Kier molecular flexibility index (Phi) is 4.86. The van der Waals surface area contributed by atoms with Gasteiger partial charge in [-0.25, -0.2) is 8.42 Å². The first-order chi connectivity index (χ1) is 8.16. The van der Waals surface area contributed by atoms with E-state index in [0.717, 1.165) is 25.7 Å². The number of sulfonamides is 1. The van der Waals surface area contributed by atoms with Gasteiger partial charge in [-0.05, 0) is 12.8 Å². The minimum absolute atomic E-state index is 0.0318. The maximum absolute atomic E-state index is 12.6. The van der Waals surface area contributed by atoms with E-state index in [4.69, 9.17) is 4.74 Å². The molecule has 1 heterocycles. The van der Waals surface area contributed by atoms with Gasteiger partial charge in [0.05, 0.1) is 24.5 Å². The Morgan fingerprint density at radius 1 is 1.24 bits per heavy atom. The van der Waals surface area contributed by atoms with Crippen LogP contribution in [0, 0.1) is 0 Å². The van der Waals surface area contributed by atoms with Gasteiger partial charge in [-0.1, -0.05) is 35.2 Å². The number of morpholine rings is 1. The minimum Gasteiger partial charge on any atom is -0.378 e. The van der Waals surface area contributed by atoms with Crippen LogP contribution in [0.15, 0.2) is 0 Å². The summed E-state index contributed by atoms with van der Waals surface area (Å²) >= 11 is 3.38. The molecule has 0 aromatic rings. The average molecular weight is 326 g/mol. The van der Waals surface area contributed by atoms with Crippen molar-refractivity contribution in [1.29, 1.82) is 0 Å². The molecule has 6 heteroatoms. The van der Waals surface area contributed by atoms with Crippen molar-refractivity contribution in [2.75, 3.05) is 25.1 Å². The van der Waals surface area contributed by atoms with Crippen LogP contribution in [-0.2, 0) is 14.8 Å². The van der Waals surface area contributed by atoms with Gasteiger partial charge in [0.1, 0.15) is 0 Å². The van der Waals surface area contributed by atoms with Crippen molar-refractivity contribution < 1.29 is 13.2 Å². The number of rotatable bonds is 3. The quantitative estimate of drug-likeness (QED) is 0.742. The summed E-state index contributed by atoms with van der Waals surface area (Å²) in [5, 5.41) is 0.495. The van der Waals surface area contributed by atoms with Gasteiger partial charge in [-0.15, -0.1) is 0 Å². The second kappa shape index (κ2) is 5.99. The molecule has 1 aliphatic heterocycles. The molecule has 0 N–H and O–H groups in total. The topological polar surface area (TPSA) is 46.6 Å². The molecule has 1 saturated heterocycles. The van der Waals surface area contributed by atoms with Crippen LogP contribution < -0.4 is 0 Å². The number of ether oxygens (including phenoxy) is 1. The van der Waals surface area contributed by atoms with Crippen LogP contribution in [0.5, 0.6) is 0 Å². The lowest BCUT2D eigenvalue weighted by molar-refractivity contribution is 0.0406. The van der Waals surface area contributed by atoms with Crippen molar-refractivity contribution >= 4 is 26.0 Å². The average Bonchev–Trinajstić information content (AvgIpc) is 2.39. The zero-order valence-corrected chi connectivity index (χ0v) is 12.4. The standard InChI is InChI=1S/C11H20BrNO3S/c12-8-10-9-16-7-6-13(10)17(14,15)11-4-2-1-3-5-11/h10-11H,1-9H2. The smallest absolute Gasteiger partial charge is 0.217 e. The second-order valence-electron chi connectivity index (χ2n) is 4.80. The number of hydrogen-bond acceptors (Lipinski definition) is 3. The summed E-state index contributed by atoms with van der Waals surface area (Å²) in [7, 11) is -3.12. The molecular formula is C11H20BrNO3S. The molecule has 1 aliphatic carbocycles. The SMILES string of the molecule is O=S(=O)(C1CCCCC1)N1CCOCC1CBr. The summed E-state index contributed by atoms with van der Waals surface area (Å²) in [5.41, 5.74) is 0. The van der Waals surface area contributed by atoms with Gasteiger partial charge in [0.15, 0.2) is 0 Å². The fourth-order valence-electron chi connectivity index (χ4n) is 2.65. The third kappa shape index (κ3) is 3.03. The predicted molar refractivity (Wildman–Crippen MR) is 70.9 cm³/mol. The lowest BCUT2D eigenvalue weighted by Crippen LogP contribution is -2.52. The Morgan fingerprint density at radius 3 is 2.59 bits per heavy atom. The first kappa shape index (κ1) is 13.8. The van der Waals surface area contributed by atoms with Gasteiger partial charge < -0.3 is 4.74 Å². The molecule has 1 saturated carbocycles. The zero-order chi connectivity index (χ0) is 12.3. The van der Waals surface area contributed by atoms with E-state index < -0.39 is 10.0 Å². The maximum atomic E-state index is 12.6. The van der Waals surface area contributed by atoms with Crippen molar-refractivity contribution in [3.8, 4) is 0 Å². The van der Waals surface area contributed by atoms with Crippen LogP contribution in [-0.4, -0.2) is 49.1 Å². The molecule has 2 rings (SSSR count). The molecule has 0 aromatic heterocycles.